The molecular weight excluding hydrogens is 242 g/mol. The summed E-state index contributed by atoms with van der Waals surface area (Å²) in [5, 5.41) is 3.71. The van der Waals surface area contributed by atoms with Gasteiger partial charge in [0.05, 0.1) is 0 Å². The van der Waals surface area contributed by atoms with E-state index in [0.29, 0.717) is 11.8 Å². The van der Waals surface area contributed by atoms with Crippen molar-refractivity contribution in [3.8, 4) is 0 Å². The molecule has 1 nitrogen and oxygen atoms in total. The molecule has 0 aliphatic heterocycles. The van der Waals surface area contributed by atoms with Crippen molar-refractivity contribution in [2.75, 3.05) is 13.1 Å². The topological polar surface area (TPSA) is 12.0 Å². The van der Waals surface area contributed by atoms with Crippen molar-refractivity contribution in [3.63, 3.8) is 0 Å². The predicted molar refractivity (Wildman–Crippen MR) is 88.1 cm³/mol. The van der Waals surface area contributed by atoms with Gasteiger partial charge in [-0.15, -0.1) is 0 Å². The third kappa shape index (κ3) is 4.94. The van der Waals surface area contributed by atoms with E-state index in [1.54, 1.807) is 0 Å². The Balaban J connectivity index is 1.72. The molecule has 0 aromatic heterocycles. The first-order valence-electron chi connectivity index (χ1n) is 8.53. The summed E-state index contributed by atoms with van der Waals surface area (Å²) in [6, 6.07) is 11.0. The largest absolute Gasteiger partial charge is 0.316 e. The zero-order chi connectivity index (χ0) is 14.2. The Bertz CT molecular complexity index is 351. The van der Waals surface area contributed by atoms with Crippen LogP contribution < -0.4 is 5.32 Å². The zero-order valence-corrected chi connectivity index (χ0v) is 13.3. The van der Waals surface area contributed by atoms with E-state index in [-0.39, 0.29) is 0 Å². The van der Waals surface area contributed by atoms with Crippen molar-refractivity contribution >= 4 is 0 Å². The van der Waals surface area contributed by atoms with Gasteiger partial charge in [0.1, 0.15) is 0 Å². The van der Waals surface area contributed by atoms with Crippen LogP contribution in [0.2, 0.25) is 0 Å². The molecule has 1 aromatic rings. The molecule has 112 valence electrons. The Morgan fingerprint density at radius 1 is 1.05 bits per heavy atom. The maximum atomic E-state index is 3.71. The molecule has 0 spiro atoms. The van der Waals surface area contributed by atoms with Crippen molar-refractivity contribution in [2.24, 2.45) is 11.8 Å². The minimum Gasteiger partial charge on any atom is -0.316 e. The van der Waals surface area contributed by atoms with Crippen LogP contribution in [0.25, 0.3) is 0 Å². The summed E-state index contributed by atoms with van der Waals surface area (Å²) in [5.74, 6) is 2.33. The van der Waals surface area contributed by atoms with E-state index in [9.17, 15) is 0 Å². The molecule has 1 aliphatic carbocycles. The summed E-state index contributed by atoms with van der Waals surface area (Å²) in [6.45, 7) is 6.98. The van der Waals surface area contributed by atoms with E-state index >= 15 is 0 Å². The minimum absolute atomic E-state index is 0.641. The van der Waals surface area contributed by atoms with Gasteiger partial charge in [-0.3, -0.25) is 0 Å². The molecule has 0 amide bonds. The van der Waals surface area contributed by atoms with Gasteiger partial charge in [-0.25, -0.2) is 0 Å². The first kappa shape index (κ1) is 15.6. The lowest BCUT2D eigenvalue weighted by Crippen LogP contribution is -2.27. The van der Waals surface area contributed by atoms with Crippen LogP contribution >= 0.6 is 0 Å². The highest BCUT2D eigenvalue weighted by atomic mass is 14.9. The van der Waals surface area contributed by atoms with Crippen molar-refractivity contribution < 1.29 is 0 Å². The predicted octanol–water partition coefficient (Wildman–Crippen LogP) is 4.99. The standard InChI is InChI=1S/C19H31N/c1-16(2)19(18-11-7-4-8-12-18)15-20-14-13-17-9-5-3-6-10-17/h4,7-8,11-12,16-17,19-20H,3,5-6,9-10,13-15H2,1-2H3. The van der Waals surface area contributed by atoms with Gasteiger partial charge in [0.25, 0.3) is 0 Å². The maximum Gasteiger partial charge on any atom is 0.00226 e. The average molecular weight is 273 g/mol. The van der Waals surface area contributed by atoms with E-state index in [1.807, 2.05) is 0 Å². The number of hydrogen-bond acceptors (Lipinski definition) is 1. The van der Waals surface area contributed by atoms with Crippen LogP contribution in [0, 0.1) is 11.8 Å². The number of rotatable bonds is 7. The molecule has 0 bridgehead atoms. The quantitative estimate of drug-likeness (QED) is 0.690. The first-order valence-corrected chi connectivity index (χ1v) is 8.53. The van der Waals surface area contributed by atoms with Crippen molar-refractivity contribution in [3.05, 3.63) is 35.9 Å². The third-order valence-electron chi connectivity index (χ3n) is 4.85. The van der Waals surface area contributed by atoms with Gasteiger partial charge in [0, 0.05) is 6.54 Å². The van der Waals surface area contributed by atoms with Crippen molar-refractivity contribution in [1.82, 2.24) is 5.32 Å². The van der Waals surface area contributed by atoms with Gasteiger partial charge >= 0.3 is 0 Å². The first-order chi connectivity index (χ1) is 9.77. The molecule has 0 radical (unpaired) electrons. The van der Waals surface area contributed by atoms with Crippen LogP contribution in [0.1, 0.15) is 63.9 Å². The minimum atomic E-state index is 0.641. The second-order valence-corrected chi connectivity index (χ2v) is 6.76. The Hall–Kier alpha value is -0.820. The zero-order valence-electron chi connectivity index (χ0n) is 13.3. The van der Waals surface area contributed by atoms with E-state index < -0.39 is 0 Å². The van der Waals surface area contributed by atoms with Crippen molar-refractivity contribution in [2.45, 2.75) is 58.3 Å². The molecule has 1 atom stereocenters. The van der Waals surface area contributed by atoms with Crippen LogP contribution in [0.15, 0.2) is 30.3 Å². The highest BCUT2D eigenvalue weighted by molar-refractivity contribution is 5.20. The SMILES string of the molecule is CC(C)C(CNCCC1CCCCC1)c1ccccc1. The van der Waals surface area contributed by atoms with Gasteiger partial charge in [-0.2, -0.15) is 0 Å². The number of benzene rings is 1. The molecule has 1 N–H and O–H groups in total. The van der Waals surface area contributed by atoms with Crippen LogP contribution in [0.4, 0.5) is 0 Å². The Morgan fingerprint density at radius 2 is 1.75 bits per heavy atom. The highest BCUT2D eigenvalue weighted by Gasteiger charge is 2.16. The number of nitrogens with one attached hydrogen (secondary N) is 1. The van der Waals surface area contributed by atoms with Gasteiger partial charge < -0.3 is 5.32 Å². The monoisotopic (exact) mass is 273 g/mol. The molecule has 1 saturated carbocycles. The Morgan fingerprint density at radius 3 is 2.40 bits per heavy atom. The smallest absolute Gasteiger partial charge is 0.00226 e. The molecule has 1 heteroatoms. The number of hydrogen-bond donors (Lipinski definition) is 1. The fourth-order valence-corrected chi connectivity index (χ4v) is 3.48. The maximum absolute atomic E-state index is 3.71. The second-order valence-electron chi connectivity index (χ2n) is 6.76. The van der Waals surface area contributed by atoms with E-state index in [1.165, 1.54) is 50.6 Å². The second kappa shape index (κ2) is 8.46. The van der Waals surface area contributed by atoms with Crippen LogP contribution in [-0.4, -0.2) is 13.1 Å². The molecule has 0 heterocycles. The molecule has 1 aromatic carbocycles. The Labute approximate surface area is 125 Å². The molecule has 2 rings (SSSR count). The molecule has 1 fully saturated rings. The molecule has 0 saturated heterocycles. The average Bonchev–Trinajstić information content (AvgIpc) is 2.49. The molecule has 1 unspecified atom stereocenters. The molecular formula is C19H31N. The van der Waals surface area contributed by atoms with E-state index in [0.717, 1.165) is 12.5 Å². The fourth-order valence-electron chi connectivity index (χ4n) is 3.48. The van der Waals surface area contributed by atoms with Crippen LogP contribution in [0.5, 0.6) is 0 Å². The lowest BCUT2D eigenvalue weighted by Gasteiger charge is -2.24. The van der Waals surface area contributed by atoms with Crippen LogP contribution in [0.3, 0.4) is 0 Å². The molecule has 1 aliphatic rings. The molecule has 20 heavy (non-hydrogen) atoms. The van der Waals surface area contributed by atoms with Crippen LogP contribution in [-0.2, 0) is 0 Å². The van der Waals surface area contributed by atoms with E-state index in [2.05, 4.69) is 49.5 Å². The lowest BCUT2D eigenvalue weighted by molar-refractivity contribution is 0.330. The lowest BCUT2D eigenvalue weighted by atomic mass is 9.86. The summed E-state index contributed by atoms with van der Waals surface area (Å²) < 4.78 is 0. The normalized spacial score (nSPS) is 18.4. The fraction of sp³-hybridized carbons (Fsp3) is 0.684. The Kier molecular flexibility index (Phi) is 6.59. The van der Waals surface area contributed by atoms with Gasteiger partial charge in [0.2, 0.25) is 0 Å². The van der Waals surface area contributed by atoms with Crippen molar-refractivity contribution in [1.29, 1.82) is 0 Å². The summed E-state index contributed by atoms with van der Waals surface area (Å²) >= 11 is 0. The highest BCUT2D eigenvalue weighted by Crippen LogP contribution is 2.26. The summed E-state index contributed by atoms with van der Waals surface area (Å²) in [6.07, 6.45) is 8.70. The van der Waals surface area contributed by atoms with Gasteiger partial charge in [-0.05, 0) is 36.3 Å². The van der Waals surface area contributed by atoms with Gasteiger partial charge in [-0.1, -0.05) is 76.3 Å². The van der Waals surface area contributed by atoms with Gasteiger partial charge in [0.15, 0.2) is 0 Å². The summed E-state index contributed by atoms with van der Waals surface area (Å²) in [5.41, 5.74) is 1.48. The summed E-state index contributed by atoms with van der Waals surface area (Å²) in [4.78, 5) is 0. The van der Waals surface area contributed by atoms with E-state index in [4.69, 9.17) is 0 Å². The summed E-state index contributed by atoms with van der Waals surface area (Å²) in [7, 11) is 0. The third-order valence-corrected chi connectivity index (χ3v) is 4.85.